The lowest BCUT2D eigenvalue weighted by molar-refractivity contribution is 0.101. The number of hydrogen-bond donors (Lipinski definition) is 0. The zero-order valence-corrected chi connectivity index (χ0v) is 10.2. The van der Waals surface area contributed by atoms with Crippen LogP contribution in [0.3, 0.4) is 0 Å². The largest absolute Gasteiger partial charge is 0.345 e. The monoisotopic (exact) mass is 215 g/mol. The lowest BCUT2D eigenvalue weighted by atomic mass is 10.0. The zero-order chi connectivity index (χ0) is 11.9. The molecule has 0 spiro atoms. The van der Waals surface area contributed by atoms with Crippen LogP contribution in [-0.4, -0.2) is 10.4 Å². The summed E-state index contributed by atoms with van der Waals surface area (Å²) in [5, 5.41) is 1.10. The van der Waals surface area contributed by atoms with Crippen molar-refractivity contribution in [2.45, 2.75) is 33.7 Å². The predicted octanol–water partition coefficient (Wildman–Crippen LogP) is 3.73. The van der Waals surface area contributed by atoms with Crippen LogP contribution in [0.25, 0.3) is 10.9 Å². The molecule has 0 aliphatic rings. The molecule has 0 unspecified atom stereocenters. The van der Waals surface area contributed by atoms with Crippen LogP contribution in [0.1, 0.15) is 42.7 Å². The van der Waals surface area contributed by atoms with Gasteiger partial charge in [0, 0.05) is 28.7 Å². The highest BCUT2D eigenvalue weighted by Gasteiger charge is 2.13. The van der Waals surface area contributed by atoms with Crippen LogP contribution in [0.15, 0.2) is 24.4 Å². The molecule has 84 valence electrons. The molecule has 2 heteroatoms. The maximum Gasteiger partial charge on any atom is 0.160 e. The number of Topliss-reactive ketones (excluding diaryl/α,β-unsaturated/α-hetero) is 1. The summed E-state index contributed by atoms with van der Waals surface area (Å²) in [6.45, 7) is 7.99. The molecule has 2 nitrogen and oxygen atoms in total. The molecule has 0 radical (unpaired) electrons. The Hall–Kier alpha value is -1.57. The lowest BCUT2D eigenvalue weighted by Gasteiger charge is -2.09. The van der Waals surface area contributed by atoms with Crippen LogP contribution in [-0.2, 0) is 0 Å². The normalized spacial score (nSPS) is 11.3. The minimum absolute atomic E-state index is 0.134. The smallest absolute Gasteiger partial charge is 0.160 e. The van der Waals surface area contributed by atoms with E-state index in [0.29, 0.717) is 6.04 Å². The topological polar surface area (TPSA) is 22.0 Å². The fourth-order valence-corrected chi connectivity index (χ4v) is 2.23. The summed E-state index contributed by atoms with van der Waals surface area (Å²) in [4.78, 5) is 11.6. The Balaban J connectivity index is 2.84. The Morgan fingerprint density at radius 2 is 2.00 bits per heavy atom. The average molecular weight is 215 g/mol. The molecule has 0 fully saturated rings. The first kappa shape index (κ1) is 10.9. The van der Waals surface area contributed by atoms with Crippen molar-refractivity contribution < 1.29 is 4.79 Å². The third-order valence-corrected chi connectivity index (χ3v) is 2.98. The molecule has 0 saturated heterocycles. The average Bonchev–Trinajstić information content (AvgIpc) is 2.56. The van der Waals surface area contributed by atoms with Gasteiger partial charge in [-0.3, -0.25) is 4.79 Å². The van der Waals surface area contributed by atoms with Crippen molar-refractivity contribution in [2.75, 3.05) is 0 Å². The van der Waals surface area contributed by atoms with Crippen LogP contribution < -0.4 is 0 Å². The van der Waals surface area contributed by atoms with E-state index in [1.807, 2.05) is 12.1 Å². The number of aromatic nitrogens is 1. The molecule has 1 heterocycles. The Bertz CT molecular complexity index is 549. The summed E-state index contributed by atoms with van der Waals surface area (Å²) in [5.41, 5.74) is 3.16. The summed E-state index contributed by atoms with van der Waals surface area (Å²) in [5.74, 6) is 0.134. The van der Waals surface area contributed by atoms with Crippen molar-refractivity contribution >= 4 is 16.7 Å². The second-order valence-corrected chi connectivity index (χ2v) is 4.57. The number of carbonyl (C=O) groups excluding carboxylic acids is 1. The minimum atomic E-state index is 0.134. The van der Waals surface area contributed by atoms with Crippen LogP contribution in [0.4, 0.5) is 0 Å². The summed E-state index contributed by atoms with van der Waals surface area (Å²) in [6.07, 6.45) is 2.13. The minimum Gasteiger partial charge on any atom is -0.345 e. The number of fused-ring (bicyclic) bond motifs is 1. The SMILES string of the molecule is CC(=O)c1cccc2c1c(C)cn2C(C)C. The van der Waals surface area contributed by atoms with Gasteiger partial charge in [0.15, 0.2) is 5.78 Å². The van der Waals surface area contributed by atoms with Gasteiger partial charge in [-0.1, -0.05) is 12.1 Å². The number of rotatable bonds is 2. The zero-order valence-electron chi connectivity index (χ0n) is 10.2. The molecule has 2 aromatic rings. The van der Waals surface area contributed by atoms with Crippen molar-refractivity contribution in [2.24, 2.45) is 0 Å². The lowest BCUT2D eigenvalue weighted by Crippen LogP contribution is -1.99. The highest BCUT2D eigenvalue weighted by molar-refractivity contribution is 6.07. The van der Waals surface area contributed by atoms with Gasteiger partial charge in [0.25, 0.3) is 0 Å². The van der Waals surface area contributed by atoms with Gasteiger partial charge >= 0.3 is 0 Å². The van der Waals surface area contributed by atoms with Gasteiger partial charge in [-0.05, 0) is 39.3 Å². The number of hydrogen-bond acceptors (Lipinski definition) is 1. The highest BCUT2D eigenvalue weighted by atomic mass is 16.1. The molecule has 2 rings (SSSR count). The van der Waals surface area contributed by atoms with E-state index in [9.17, 15) is 4.79 Å². The van der Waals surface area contributed by atoms with Gasteiger partial charge in [-0.15, -0.1) is 0 Å². The molecule has 1 aromatic carbocycles. The maximum atomic E-state index is 11.6. The molecule has 0 amide bonds. The van der Waals surface area contributed by atoms with Gasteiger partial charge < -0.3 is 4.57 Å². The van der Waals surface area contributed by atoms with Gasteiger partial charge in [0.2, 0.25) is 0 Å². The number of ketones is 1. The summed E-state index contributed by atoms with van der Waals surface area (Å²) in [6, 6.07) is 6.35. The maximum absolute atomic E-state index is 11.6. The quantitative estimate of drug-likeness (QED) is 0.699. The number of nitrogens with zero attached hydrogens (tertiary/aromatic N) is 1. The van der Waals surface area contributed by atoms with E-state index in [1.54, 1.807) is 6.92 Å². The second kappa shape index (κ2) is 3.78. The molecule has 16 heavy (non-hydrogen) atoms. The molecule has 0 saturated carbocycles. The molecule has 0 aliphatic carbocycles. The van der Waals surface area contributed by atoms with E-state index in [2.05, 4.69) is 37.6 Å². The summed E-state index contributed by atoms with van der Waals surface area (Å²) in [7, 11) is 0. The van der Waals surface area contributed by atoms with Crippen molar-refractivity contribution in [1.82, 2.24) is 4.57 Å². The first-order chi connectivity index (χ1) is 7.52. The van der Waals surface area contributed by atoms with Crippen LogP contribution in [0.5, 0.6) is 0 Å². The fourth-order valence-electron chi connectivity index (χ4n) is 2.23. The van der Waals surface area contributed by atoms with Crippen LogP contribution in [0, 0.1) is 6.92 Å². The van der Waals surface area contributed by atoms with E-state index >= 15 is 0 Å². The van der Waals surface area contributed by atoms with Gasteiger partial charge in [0.05, 0.1) is 0 Å². The molecular formula is C14H17NO. The fraction of sp³-hybridized carbons (Fsp3) is 0.357. The van der Waals surface area contributed by atoms with Crippen molar-refractivity contribution in [3.05, 3.63) is 35.5 Å². The predicted molar refractivity (Wildman–Crippen MR) is 67.1 cm³/mol. The van der Waals surface area contributed by atoms with Crippen molar-refractivity contribution in [1.29, 1.82) is 0 Å². The van der Waals surface area contributed by atoms with E-state index in [4.69, 9.17) is 0 Å². The first-order valence-corrected chi connectivity index (χ1v) is 5.63. The molecule has 0 aliphatic heterocycles. The van der Waals surface area contributed by atoms with Gasteiger partial charge in [-0.2, -0.15) is 0 Å². The first-order valence-electron chi connectivity index (χ1n) is 5.63. The van der Waals surface area contributed by atoms with E-state index in [1.165, 1.54) is 5.56 Å². The highest BCUT2D eigenvalue weighted by Crippen LogP contribution is 2.27. The van der Waals surface area contributed by atoms with Gasteiger partial charge in [0.1, 0.15) is 0 Å². The molecule has 1 aromatic heterocycles. The van der Waals surface area contributed by atoms with Crippen molar-refractivity contribution in [3.8, 4) is 0 Å². The van der Waals surface area contributed by atoms with E-state index in [-0.39, 0.29) is 5.78 Å². The molecule has 0 atom stereocenters. The molecule has 0 bridgehead atoms. The summed E-state index contributed by atoms with van der Waals surface area (Å²) < 4.78 is 2.22. The van der Waals surface area contributed by atoms with Crippen molar-refractivity contribution in [3.63, 3.8) is 0 Å². The Labute approximate surface area is 95.9 Å². The van der Waals surface area contributed by atoms with Gasteiger partial charge in [-0.25, -0.2) is 0 Å². The molecule has 0 N–H and O–H groups in total. The second-order valence-electron chi connectivity index (χ2n) is 4.57. The Kier molecular flexibility index (Phi) is 2.58. The van der Waals surface area contributed by atoms with E-state index in [0.717, 1.165) is 16.5 Å². The van der Waals surface area contributed by atoms with Crippen LogP contribution >= 0.6 is 0 Å². The Morgan fingerprint density at radius 1 is 1.31 bits per heavy atom. The third-order valence-electron chi connectivity index (χ3n) is 2.98. The number of carbonyl (C=O) groups is 1. The number of benzene rings is 1. The van der Waals surface area contributed by atoms with Crippen LogP contribution in [0.2, 0.25) is 0 Å². The molecular weight excluding hydrogens is 198 g/mol. The Morgan fingerprint density at radius 3 is 2.56 bits per heavy atom. The standard InChI is InChI=1S/C14H17NO/c1-9(2)15-8-10(3)14-12(11(4)16)6-5-7-13(14)15/h5-9H,1-4H3. The third kappa shape index (κ3) is 1.54. The summed E-state index contributed by atoms with van der Waals surface area (Å²) >= 11 is 0. The van der Waals surface area contributed by atoms with E-state index < -0.39 is 0 Å². The number of aryl methyl sites for hydroxylation is 1.